The smallest absolute Gasteiger partial charge is 0.241 e. The molecule has 0 bridgehead atoms. The van der Waals surface area contributed by atoms with Gasteiger partial charge in [-0.3, -0.25) is 10.1 Å². The van der Waals surface area contributed by atoms with Crippen molar-refractivity contribution < 1.29 is 13.6 Å². The summed E-state index contributed by atoms with van der Waals surface area (Å²) in [5, 5.41) is 5.77. The first-order valence-electron chi connectivity index (χ1n) is 7.64. The summed E-state index contributed by atoms with van der Waals surface area (Å²) in [6.45, 7) is 1.73. The number of carbonyl (C=O) groups excluding carboxylic acids is 1. The molecule has 1 aliphatic carbocycles. The largest absolute Gasteiger partial charge is 0.322 e. The van der Waals surface area contributed by atoms with E-state index in [1.54, 1.807) is 6.92 Å². The predicted octanol–water partition coefficient (Wildman–Crippen LogP) is 3.57. The van der Waals surface area contributed by atoms with Gasteiger partial charge in [-0.25, -0.2) is 8.78 Å². The molecule has 0 saturated carbocycles. The van der Waals surface area contributed by atoms with Crippen LogP contribution >= 0.6 is 0 Å². The number of benzene rings is 2. The Morgan fingerprint density at radius 1 is 1.22 bits per heavy atom. The first-order chi connectivity index (χ1) is 11.0. The lowest BCUT2D eigenvalue weighted by Gasteiger charge is -2.20. The number of halogens is 2. The van der Waals surface area contributed by atoms with E-state index in [0.717, 1.165) is 25.0 Å². The molecule has 3 rings (SSSR count). The van der Waals surface area contributed by atoms with Crippen molar-refractivity contribution in [2.45, 2.75) is 31.8 Å². The van der Waals surface area contributed by atoms with E-state index < -0.39 is 17.7 Å². The second kappa shape index (κ2) is 6.46. The Balaban J connectivity index is 1.64. The van der Waals surface area contributed by atoms with Crippen LogP contribution < -0.4 is 10.6 Å². The van der Waals surface area contributed by atoms with Gasteiger partial charge in [-0.05, 0) is 43.0 Å². The van der Waals surface area contributed by atoms with Crippen LogP contribution in [0.25, 0.3) is 0 Å². The highest BCUT2D eigenvalue weighted by Gasteiger charge is 2.25. The summed E-state index contributed by atoms with van der Waals surface area (Å²) in [4.78, 5) is 12.2. The second-order valence-corrected chi connectivity index (χ2v) is 5.79. The minimum atomic E-state index is -0.781. The summed E-state index contributed by atoms with van der Waals surface area (Å²) < 4.78 is 26.5. The molecule has 120 valence electrons. The zero-order chi connectivity index (χ0) is 16.4. The first kappa shape index (κ1) is 15.6. The lowest BCUT2D eigenvalue weighted by Crippen LogP contribution is -2.39. The highest BCUT2D eigenvalue weighted by Crippen LogP contribution is 2.31. The molecule has 2 atom stereocenters. The Morgan fingerprint density at radius 3 is 2.78 bits per heavy atom. The monoisotopic (exact) mass is 316 g/mol. The molecule has 0 radical (unpaired) electrons. The average molecular weight is 316 g/mol. The fraction of sp³-hybridized carbons (Fsp3) is 0.278. The van der Waals surface area contributed by atoms with E-state index in [4.69, 9.17) is 0 Å². The second-order valence-electron chi connectivity index (χ2n) is 5.79. The Morgan fingerprint density at radius 2 is 2.00 bits per heavy atom. The third-order valence-corrected chi connectivity index (χ3v) is 4.17. The zero-order valence-corrected chi connectivity index (χ0v) is 12.8. The molecule has 0 saturated heterocycles. The van der Waals surface area contributed by atoms with Crippen molar-refractivity contribution in [2.24, 2.45) is 0 Å². The van der Waals surface area contributed by atoms with Crippen molar-refractivity contribution in [1.82, 2.24) is 5.32 Å². The fourth-order valence-electron chi connectivity index (χ4n) is 2.94. The molecule has 1 aliphatic rings. The molecule has 0 spiro atoms. The van der Waals surface area contributed by atoms with Crippen molar-refractivity contribution in [3.63, 3.8) is 0 Å². The molecular formula is C18H18F2N2O. The van der Waals surface area contributed by atoms with Gasteiger partial charge in [0.15, 0.2) is 0 Å². The van der Waals surface area contributed by atoms with E-state index >= 15 is 0 Å². The van der Waals surface area contributed by atoms with Crippen LogP contribution in [0.3, 0.4) is 0 Å². The standard InChI is InChI=1S/C18H18F2N2O/c1-11(18(23)22-17-9-7-13(19)10-15(17)20)21-16-8-6-12-4-2-3-5-14(12)16/h2-5,7,9-11,16,21H,6,8H2,1H3,(H,22,23)/t11-,16+/m0/s1. The van der Waals surface area contributed by atoms with E-state index in [1.165, 1.54) is 17.2 Å². The van der Waals surface area contributed by atoms with Crippen LogP contribution in [0.4, 0.5) is 14.5 Å². The SMILES string of the molecule is C[C@H](N[C@@H]1CCc2ccccc21)C(=O)Nc1ccc(F)cc1F. The van der Waals surface area contributed by atoms with E-state index in [0.29, 0.717) is 0 Å². The zero-order valence-electron chi connectivity index (χ0n) is 12.8. The topological polar surface area (TPSA) is 41.1 Å². The van der Waals surface area contributed by atoms with Crippen molar-refractivity contribution in [1.29, 1.82) is 0 Å². The van der Waals surface area contributed by atoms with Gasteiger partial charge in [0.25, 0.3) is 0 Å². The van der Waals surface area contributed by atoms with Crippen LogP contribution in [0.2, 0.25) is 0 Å². The molecule has 23 heavy (non-hydrogen) atoms. The van der Waals surface area contributed by atoms with Gasteiger partial charge in [-0.15, -0.1) is 0 Å². The van der Waals surface area contributed by atoms with Crippen LogP contribution in [0.1, 0.15) is 30.5 Å². The number of fused-ring (bicyclic) bond motifs is 1. The number of amides is 1. The van der Waals surface area contributed by atoms with Gasteiger partial charge in [0.1, 0.15) is 11.6 Å². The summed E-state index contributed by atoms with van der Waals surface area (Å²) in [7, 11) is 0. The number of nitrogens with one attached hydrogen (secondary N) is 2. The van der Waals surface area contributed by atoms with Gasteiger partial charge in [0.2, 0.25) is 5.91 Å². The summed E-state index contributed by atoms with van der Waals surface area (Å²) in [6.07, 6.45) is 1.91. The maximum absolute atomic E-state index is 13.6. The quantitative estimate of drug-likeness (QED) is 0.905. The third-order valence-electron chi connectivity index (χ3n) is 4.17. The summed E-state index contributed by atoms with van der Waals surface area (Å²) >= 11 is 0. The highest BCUT2D eigenvalue weighted by molar-refractivity contribution is 5.94. The molecule has 3 nitrogen and oxygen atoms in total. The predicted molar refractivity (Wildman–Crippen MR) is 85.1 cm³/mol. The first-order valence-corrected chi connectivity index (χ1v) is 7.64. The van der Waals surface area contributed by atoms with Crippen molar-refractivity contribution >= 4 is 11.6 Å². The lowest BCUT2D eigenvalue weighted by molar-refractivity contribution is -0.118. The minimum Gasteiger partial charge on any atom is -0.322 e. The number of aryl methyl sites for hydroxylation is 1. The number of hydrogen-bond acceptors (Lipinski definition) is 2. The van der Waals surface area contributed by atoms with E-state index in [-0.39, 0.29) is 17.6 Å². The fourth-order valence-corrected chi connectivity index (χ4v) is 2.94. The molecule has 2 N–H and O–H groups in total. The molecule has 2 aromatic carbocycles. The summed E-state index contributed by atoms with van der Waals surface area (Å²) in [6, 6.07) is 10.9. The molecule has 0 unspecified atom stereocenters. The van der Waals surface area contributed by atoms with Crippen molar-refractivity contribution in [2.75, 3.05) is 5.32 Å². The molecule has 2 aromatic rings. The molecule has 5 heteroatoms. The Labute approximate surface area is 133 Å². The highest BCUT2D eigenvalue weighted by atomic mass is 19.1. The Kier molecular flexibility index (Phi) is 4.39. The van der Waals surface area contributed by atoms with Gasteiger partial charge in [-0.1, -0.05) is 24.3 Å². The van der Waals surface area contributed by atoms with Gasteiger partial charge >= 0.3 is 0 Å². The summed E-state index contributed by atoms with van der Waals surface area (Å²) in [5.41, 5.74) is 2.49. The number of rotatable bonds is 4. The molecule has 0 aliphatic heterocycles. The minimum absolute atomic E-state index is 0.0168. The van der Waals surface area contributed by atoms with Gasteiger partial charge < -0.3 is 5.32 Å². The Hall–Kier alpha value is -2.27. The van der Waals surface area contributed by atoms with E-state index in [1.807, 2.05) is 12.1 Å². The number of anilines is 1. The maximum Gasteiger partial charge on any atom is 0.241 e. The van der Waals surface area contributed by atoms with Gasteiger partial charge in [0, 0.05) is 12.1 Å². The lowest BCUT2D eigenvalue weighted by atomic mass is 10.1. The van der Waals surface area contributed by atoms with Gasteiger partial charge in [0.05, 0.1) is 11.7 Å². The van der Waals surface area contributed by atoms with Gasteiger partial charge in [-0.2, -0.15) is 0 Å². The van der Waals surface area contributed by atoms with Crippen LogP contribution in [0.5, 0.6) is 0 Å². The molecule has 0 aromatic heterocycles. The molecular weight excluding hydrogens is 298 g/mol. The molecule has 0 heterocycles. The number of carbonyl (C=O) groups is 1. The van der Waals surface area contributed by atoms with Crippen LogP contribution in [0, 0.1) is 11.6 Å². The van der Waals surface area contributed by atoms with Crippen molar-refractivity contribution in [3.8, 4) is 0 Å². The average Bonchev–Trinajstić information content (AvgIpc) is 2.93. The molecule has 0 fully saturated rings. The Bertz CT molecular complexity index is 733. The normalized spacial score (nSPS) is 17.6. The van der Waals surface area contributed by atoms with Crippen molar-refractivity contribution in [3.05, 3.63) is 65.2 Å². The van der Waals surface area contributed by atoms with Crippen LogP contribution in [-0.4, -0.2) is 11.9 Å². The maximum atomic E-state index is 13.6. The molecule has 1 amide bonds. The van der Waals surface area contributed by atoms with Crippen LogP contribution in [-0.2, 0) is 11.2 Å². The number of hydrogen-bond donors (Lipinski definition) is 2. The van der Waals surface area contributed by atoms with Crippen LogP contribution in [0.15, 0.2) is 42.5 Å². The van der Waals surface area contributed by atoms with E-state index in [2.05, 4.69) is 22.8 Å². The van der Waals surface area contributed by atoms with E-state index in [9.17, 15) is 13.6 Å². The third kappa shape index (κ3) is 3.40. The summed E-state index contributed by atoms with van der Waals surface area (Å²) in [5.74, 6) is -1.80.